The first kappa shape index (κ1) is 15.9. The van der Waals surface area contributed by atoms with Crippen LogP contribution in [-0.4, -0.2) is 36.1 Å². The number of carbonyl (C=O) groups excluding carboxylic acids is 2. The van der Waals surface area contributed by atoms with Gasteiger partial charge in [0.15, 0.2) is 12.7 Å². The monoisotopic (exact) mass is 308 g/mol. The van der Waals surface area contributed by atoms with E-state index in [2.05, 4.69) is 5.32 Å². The minimum absolute atomic E-state index is 0.102. The topological polar surface area (TPSA) is 108 Å². The van der Waals surface area contributed by atoms with Crippen molar-refractivity contribution < 1.29 is 24.0 Å². The van der Waals surface area contributed by atoms with E-state index in [1.54, 1.807) is 13.0 Å². The van der Waals surface area contributed by atoms with Gasteiger partial charge in [0.05, 0.1) is 4.92 Å². The summed E-state index contributed by atoms with van der Waals surface area (Å²) in [6.45, 7) is 1.63. The van der Waals surface area contributed by atoms with Crippen molar-refractivity contribution in [2.75, 3.05) is 18.5 Å². The molecule has 1 fully saturated rings. The predicted octanol–water partition coefficient (Wildman–Crippen LogP) is 1.56. The van der Waals surface area contributed by atoms with Crippen molar-refractivity contribution in [3.05, 3.63) is 33.9 Å². The first-order valence-electron chi connectivity index (χ1n) is 6.81. The Hall–Kier alpha value is -2.48. The summed E-state index contributed by atoms with van der Waals surface area (Å²) in [5, 5.41) is 13.4. The second-order valence-corrected chi connectivity index (χ2v) is 4.88. The number of nitrogens with one attached hydrogen (secondary N) is 1. The quantitative estimate of drug-likeness (QED) is 0.502. The molecule has 1 aliphatic heterocycles. The van der Waals surface area contributed by atoms with Crippen LogP contribution in [0.4, 0.5) is 11.4 Å². The molecule has 0 aromatic heterocycles. The third-order valence-electron chi connectivity index (χ3n) is 3.25. The van der Waals surface area contributed by atoms with Gasteiger partial charge >= 0.3 is 5.97 Å². The van der Waals surface area contributed by atoms with Gasteiger partial charge in [0.1, 0.15) is 5.69 Å². The highest BCUT2D eigenvalue weighted by atomic mass is 16.6. The number of nitrogens with zero attached hydrogens (tertiary/aromatic N) is 1. The molecule has 8 nitrogen and oxygen atoms in total. The summed E-state index contributed by atoms with van der Waals surface area (Å²) in [6.07, 6.45) is 0.728. The van der Waals surface area contributed by atoms with Crippen LogP contribution in [0.3, 0.4) is 0 Å². The molecule has 1 atom stereocenters. The molecule has 1 aromatic rings. The summed E-state index contributed by atoms with van der Waals surface area (Å²) in [7, 11) is 0. The summed E-state index contributed by atoms with van der Waals surface area (Å²) in [4.78, 5) is 33.8. The van der Waals surface area contributed by atoms with Gasteiger partial charge in [-0.25, -0.2) is 4.79 Å². The Labute approximate surface area is 126 Å². The van der Waals surface area contributed by atoms with Crippen molar-refractivity contribution in [2.45, 2.75) is 25.9 Å². The number of para-hydroxylation sites is 1. The Morgan fingerprint density at radius 1 is 1.50 bits per heavy atom. The molecule has 0 saturated carbocycles. The number of aryl methyl sites for hydroxylation is 1. The van der Waals surface area contributed by atoms with Crippen molar-refractivity contribution in [3.63, 3.8) is 0 Å². The van der Waals surface area contributed by atoms with E-state index in [0.29, 0.717) is 18.6 Å². The highest BCUT2D eigenvalue weighted by molar-refractivity contribution is 5.95. The summed E-state index contributed by atoms with van der Waals surface area (Å²) >= 11 is 0. The Balaban J connectivity index is 1.95. The number of anilines is 1. The molecule has 2 rings (SSSR count). The highest BCUT2D eigenvalue weighted by Gasteiger charge is 2.26. The smallest absolute Gasteiger partial charge is 0.335 e. The van der Waals surface area contributed by atoms with Gasteiger partial charge in [0.25, 0.3) is 11.6 Å². The Morgan fingerprint density at radius 3 is 2.91 bits per heavy atom. The molecule has 1 amide bonds. The largest absolute Gasteiger partial charge is 0.454 e. The summed E-state index contributed by atoms with van der Waals surface area (Å²) in [6, 6.07) is 4.46. The van der Waals surface area contributed by atoms with Gasteiger partial charge in [-0.15, -0.1) is 0 Å². The summed E-state index contributed by atoms with van der Waals surface area (Å²) in [5.41, 5.74) is 0.442. The SMILES string of the molecule is Cc1cccc([N+](=O)[O-])c1NC(=O)COC(=O)[C@@H]1CCCO1. The standard InChI is InChI=1S/C14H16N2O6/c1-9-4-2-5-10(16(19)20)13(9)15-12(17)8-22-14(18)11-6-3-7-21-11/h2,4-5,11H,3,6-8H2,1H3,(H,15,17)/t11-/m0/s1. The average molecular weight is 308 g/mol. The van der Waals surface area contributed by atoms with Crippen molar-refractivity contribution in [1.29, 1.82) is 0 Å². The molecule has 0 radical (unpaired) electrons. The van der Waals surface area contributed by atoms with Gasteiger partial charge in [0, 0.05) is 12.7 Å². The van der Waals surface area contributed by atoms with Crippen LogP contribution in [0.2, 0.25) is 0 Å². The van der Waals surface area contributed by atoms with E-state index >= 15 is 0 Å². The van der Waals surface area contributed by atoms with Crippen LogP contribution in [0.1, 0.15) is 18.4 Å². The number of amides is 1. The average Bonchev–Trinajstić information content (AvgIpc) is 3.01. The predicted molar refractivity (Wildman–Crippen MR) is 76.4 cm³/mol. The van der Waals surface area contributed by atoms with Gasteiger partial charge in [-0.3, -0.25) is 14.9 Å². The molecule has 1 heterocycles. The molecule has 0 unspecified atom stereocenters. The lowest BCUT2D eigenvalue weighted by atomic mass is 10.1. The zero-order valence-corrected chi connectivity index (χ0v) is 12.0. The minimum Gasteiger partial charge on any atom is -0.454 e. The normalized spacial score (nSPS) is 17.0. The van der Waals surface area contributed by atoms with Gasteiger partial charge in [-0.2, -0.15) is 0 Å². The number of hydrogen-bond donors (Lipinski definition) is 1. The zero-order valence-electron chi connectivity index (χ0n) is 12.0. The van der Waals surface area contributed by atoms with Gasteiger partial charge in [0.2, 0.25) is 0 Å². The third-order valence-corrected chi connectivity index (χ3v) is 3.25. The van der Waals surface area contributed by atoms with E-state index in [0.717, 1.165) is 6.42 Å². The number of ether oxygens (including phenoxy) is 2. The molecule has 0 aliphatic carbocycles. The molecule has 1 aromatic carbocycles. The van der Waals surface area contributed by atoms with E-state index < -0.39 is 29.5 Å². The minimum atomic E-state index is -0.635. The van der Waals surface area contributed by atoms with E-state index in [9.17, 15) is 19.7 Å². The van der Waals surface area contributed by atoms with Crippen molar-refractivity contribution >= 4 is 23.3 Å². The number of nitro groups is 1. The molecule has 22 heavy (non-hydrogen) atoms. The lowest BCUT2D eigenvalue weighted by Gasteiger charge is -2.11. The van der Waals surface area contributed by atoms with Gasteiger partial charge in [-0.1, -0.05) is 12.1 Å². The maximum absolute atomic E-state index is 11.8. The second-order valence-electron chi connectivity index (χ2n) is 4.88. The molecule has 1 N–H and O–H groups in total. The van der Waals surface area contributed by atoms with Crippen LogP contribution in [0.15, 0.2) is 18.2 Å². The first-order chi connectivity index (χ1) is 10.5. The van der Waals surface area contributed by atoms with Crippen LogP contribution in [0.25, 0.3) is 0 Å². The fourth-order valence-corrected chi connectivity index (χ4v) is 2.14. The summed E-state index contributed by atoms with van der Waals surface area (Å²) in [5.74, 6) is -1.23. The number of benzene rings is 1. The third kappa shape index (κ3) is 3.79. The Kier molecular flexibility index (Phi) is 5.05. The fourth-order valence-electron chi connectivity index (χ4n) is 2.14. The maximum atomic E-state index is 11.8. The Bertz CT molecular complexity index is 595. The van der Waals surface area contributed by atoms with E-state index in [-0.39, 0.29) is 11.4 Å². The highest BCUT2D eigenvalue weighted by Crippen LogP contribution is 2.27. The lowest BCUT2D eigenvalue weighted by molar-refractivity contribution is -0.384. The molecular formula is C14H16N2O6. The number of esters is 1. The van der Waals surface area contributed by atoms with Crippen LogP contribution in [-0.2, 0) is 19.1 Å². The Morgan fingerprint density at radius 2 is 2.27 bits per heavy atom. The van der Waals surface area contributed by atoms with Gasteiger partial charge < -0.3 is 14.8 Å². The van der Waals surface area contributed by atoms with E-state index in [1.165, 1.54) is 12.1 Å². The number of hydrogen-bond acceptors (Lipinski definition) is 6. The second kappa shape index (κ2) is 6.99. The van der Waals surface area contributed by atoms with Crippen LogP contribution in [0, 0.1) is 17.0 Å². The first-order valence-corrected chi connectivity index (χ1v) is 6.81. The molecule has 118 valence electrons. The molecule has 1 saturated heterocycles. The fraction of sp³-hybridized carbons (Fsp3) is 0.429. The zero-order chi connectivity index (χ0) is 16.1. The number of nitro benzene ring substituents is 1. The molecular weight excluding hydrogens is 292 g/mol. The molecule has 0 spiro atoms. The van der Waals surface area contributed by atoms with Crippen LogP contribution in [0.5, 0.6) is 0 Å². The van der Waals surface area contributed by atoms with Crippen molar-refractivity contribution in [2.24, 2.45) is 0 Å². The summed E-state index contributed by atoms with van der Waals surface area (Å²) < 4.78 is 9.99. The molecule has 8 heteroatoms. The number of rotatable bonds is 5. The lowest BCUT2D eigenvalue weighted by Crippen LogP contribution is -2.27. The van der Waals surface area contributed by atoms with Gasteiger partial charge in [-0.05, 0) is 25.3 Å². The van der Waals surface area contributed by atoms with Crippen LogP contribution >= 0.6 is 0 Å². The van der Waals surface area contributed by atoms with Crippen molar-refractivity contribution in [3.8, 4) is 0 Å². The maximum Gasteiger partial charge on any atom is 0.335 e. The molecule has 0 bridgehead atoms. The van der Waals surface area contributed by atoms with E-state index in [1.807, 2.05) is 0 Å². The van der Waals surface area contributed by atoms with Crippen molar-refractivity contribution in [1.82, 2.24) is 0 Å². The number of carbonyl (C=O) groups is 2. The molecule has 1 aliphatic rings. The van der Waals surface area contributed by atoms with E-state index in [4.69, 9.17) is 9.47 Å². The van der Waals surface area contributed by atoms with Crippen LogP contribution < -0.4 is 5.32 Å².